The van der Waals surface area contributed by atoms with Gasteiger partial charge in [-0.05, 0) is 17.5 Å². The lowest BCUT2D eigenvalue weighted by molar-refractivity contribution is -0.109. The van der Waals surface area contributed by atoms with Crippen LogP contribution in [0.5, 0.6) is 0 Å². The number of hydrogen-bond acceptors (Lipinski definition) is 2. The zero-order valence-corrected chi connectivity index (χ0v) is 7.53. The van der Waals surface area contributed by atoms with E-state index < -0.39 is 0 Å². The molecule has 0 heterocycles. The van der Waals surface area contributed by atoms with Crippen molar-refractivity contribution in [2.24, 2.45) is 5.10 Å². The Labute approximate surface area is 77.5 Å². The average Bonchev–Trinajstić information content (AvgIpc) is 2.19. The summed E-state index contributed by atoms with van der Waals surface area (Å²) in [5.41, 5.74) is 4.48. The Morgan fingerprint density at radius 2 is 2.08 bits per heavy atom. The standard InChI is InChI=1S/C10H12N2O/c1-2-9-3-5-10(6-4-9)7-11-12-8-13/h3-8H,2H2,1H3,(H,12,13)/b11-7+. The highest BCUT2D eigenvalue weighted by Crippen LogP contribution is 2.02. The number of amides is 1. The number of hydrazone groups is 1. The summed E-state index contributed by atoms with van der Waals surface area (Å²) in [7, 11) is 0. The first-order valence-corrected chi connectivity index (χ1v) is 4.18. The van der Waals surface area contributed by atoms with E-state index in [0.717, 1.165) is 12.0 Å². The molecule has 0 saturated carbocycles. The van der Waals surface area contributed by atoms with Crippen LogP contribution in [-0.4, -0.2) is 12.6 Å². The summed E-state index contributed by atoms with van der Waals surface area (Å²) in [5, 5.41) is 3.67. The summed E-state index contributed by atoms with van der Waals surface area (Å²) >= 11 is 0. The summed E-state index contributed by atoms with van der Waals surface area (Å²) in [6.45, 7) is 2.11. The molecule has 1 aromatic rings. The first-order chi connectivity index (χ1) is 6.36. The second kappa shape index (κ2) is 5.09. The molecule has 1 rings (SSSR count). The van der Waals surface area contributed by atoms with Crippen LogP contribution < -0.4 is 5.43 Å². The molecule has 3 heteroatoms. The van der Waals surface area contributed by atoms with Crippen LogP contribution in [0.15, 0.2) is 29.4 Å². The molecule has 1 amide bonds. The maximum atomic E-state index is 9.87. The van der Waals surface area contributed by atoms with Gasteiger partial charge in [-0.1, -0.05) is 31.2 Å². The van der Waals surface area contributed by atoms with Crippen LogP contribution in [0.4, 0.5) is 0 Å². The van der Waals surface area contributed by atoms with Crippen molar-refractivity contribution in [1.29, 1.82) is 0 Å². The van der Waals surface area contributed by atoms with E-state index in [9.17, 15) is 4.79 Å². The van der Waals surface area contributed by atoms with Gasteiger partial charge in [-0.3, -0.25) is 4.79 Å². The van der Waals surface area contributed by atoms with E-state index in [0.29, 0.717) is 6.41 Å². The molecule has 0 unspecified atom stereocenters. The van der Waals surface area contributed by atoms with Crippen molar-refractivity contribution in [3.05, 3.63) is 35.4 Å². The third kappa shape index (κ3) is 3.07. The summed E-state index contributed by atoms with van der Waals surface area (Å²) in [5.74, 6) is 0. The Morgan fingerprint density at radius 3 is 2.62 bits per heavy atom. The molecule has 0 aliphatic rings. The van der Waals surface area contributed by atoms with Gasteiger partial charge in [-0.2, -0.15) is 5.10 Å². The topological polar surface area (TPSA) is 41.5 Å². The second-order valence-corrected chi connectivity index (χ2v) is 2.60. The zero-order valence-electron chi connectivity index (χ0n) is 7.53. The highest BCUT2D eigenvalue weighted by Gasteiger charge is 1.88. The fraction of sp³-hybridized carbons (Fsp3) is 0.200. The molecule has 0 bridgehead atoms. The Kier molecular flexibility index (Phi) is 3.70. The van der Waals surface area contributed by atoms with Crippen molar-refractivity contribution in [3.63, 3.8) is 0 Å². The molecule has 0 fully saturated rings. The maximum Gasteiger partial charge on any atom is 0.227 e. The molecule has 13 heavy (non-hydrogen) atoms. The van der Waals surface area contributed by atoms with Crippen molar-refractivity contribution in [1.82, 2.24) is 5.43 Å². The van der Waals surface area contributed by atoms with E-state index in [1.807, 2.05) is 24.3 Å². The van der Waals surface area contributed by atoms with E-state index in [-0.39, 0.29) is 0 Å². The molecule has 1 aromatic carbocycles. The van der Waals surface area contributed by atoms with Crippen LogP contribution in [0.1, 0.15) is 18.1 Å². The molecule has 1 N–H and O–H groups in total. The first-order valence-electron chi connectivity index (χ1n) is 4.18. The lowest BCUT2D eigenvalue weighted by Crippen LogP contribution is -2.00. The number of hydrogen-bond donors (Lipinski definition) is 1. The van der Waals surface area contributed by atoms with Gasteiger partial charge in [0.05, 0.1) is 6.21 Å². The van der Waals surface area contributed by atoms with E-state index in [4.69, 9.17) is 0 Å². The fourth-order valence-corrected chi connectivity index (χ4v) is 0.982. The van der Waals surface area contributed by atoms with Crippen LogP contribution in [0, 0.1) is 0 Å². The number of benzene rings is 1. The molecular weight excluding hydrogens is 164 g/mol. The molecule has 0 aliphatic carbocycles. The van der Waals surface area contributed by atoms with Gasteiger partial charge in [0.2, 0.25) is 6.41 Å². The predicted molar refractivity (Wildman–Crippen MR) is 52.6 cm³/mol. The minimum Gasteiger partial charge on any atom is -0.277 e. The van der Waals surface area contributed by atoms with Crippen molar-refractivity contribution in [2.75, 3.05) is 0 Å². The molecule has 0 atom stereocenters. The first kappa shape index (κ1) is 9.45. The second-order valence-electron chi connectivity index (χ2n) is 2.60. The summed E-state index contributed by atoms with van der Waals surface area (Å²) < 4.78 is 0. The summed E-state index contributed by atoms with van der Waals surface area (Å²) in [4.78, 5) is 9.87. The third-order valence-electron chi connectivity index (χ3n) is 1.73. The highest BCUT2D eigenvalue weighted by atomic mass is 16.1. The lowest BCUT2D eigenvalue weighted by atomic mass is 10.1. The molecule has 0 aromatic heterocycles. The van der Waals surface area contributed by atoms with Crippen LogP contribution in [-0.2, 0) is 11.2 Å². The molecular formula is C10H12N2O. The number of carbonyl (C=O) groups is 1. The Balaban J connectivity index is 2.63. The zero-order chi connectivity index (χ0) is 9.52. The van der Waals surface area contributed by atoms with Gasteiger partial charge in [0.15, 0.2) is 0 Å². The van der Waals surface area contributed by atoms with Crippen LogP contribution >= 0.6 is 0 Å². The third-order valence-corrected chi connectivity index (χ3v) is 1.73. The minimum absolute atomic E-state index is 0.539. The minimum atomic E-state index is 0.539. The molecule has 0 radical (unpaired) electrons. The van der Waals surface area contributed by atoms with Gasteiger partial charge < -0.3 is 0 Å². The van der Waals surface area contributed by atoms with Gasteiger partial charge in [-0.15, -0.1) is 0 Å². The highest BCUT2D eigenvalue weighted by molar-refractivity contribution is 5.79. The summed E-state index contributed by atoms with van der Waals surface area (Å²) in [6, 6.07) is 8.02. The Bertz CT molecular complexity index is 290. The average molecular weight is 176 g/mol. The number of nitrogens with zero attached hydrogens (tertiary/aromatic N) is 1. The van der Waals surface area contributed by atoms with E-state index >= 15 is 0 Å². The Morgan fingerprint density at radius 1 is 1.38 bits per heavy atom. The normalized spacial score (nSPS) is 10.2. The van der Waals surface area contributed by atoms with Crippen molar-refractivity contribution >= 4 is 12.6 Å². The number of aryl methyl sites for hydroxylation is 1. The predicted octanol–water partition coefficient (Wildman–Crippen LogP) is 1.33. The van der Waals surface area contributed by atoms with Gasteiger partial charge in [0.1, 0.15) is 0 Å². The molecule has 0 spiro atoms. The summed E-state index contributed by atoms with van der Waals surface area (Å²) in [6.07, 6.45) is 3.18. The number of rotatable bonds is 4. The van der Waals surface area contributed by atoms with Gasteiger partial charge in [-0.25, -0.2) is 5.43 Å². The monoisotopic (exact) mass is 176 g/mol. The maximum absolute atomic E-state index is 9.87. The van der Waals surface area contributed by atoms with Crippen LogP contribution in [0.3, 0.4) is 0 Å². The number of carbonyl (C=O) groups excluding carboxylic acids is 1. The smallest absolute Gasteiger partial charge is 0.227 e. The largest absolute Gasteiger partial charge is 0.277 e. The van der Waals surface area contributed by atoms with E-state index in [1.54, 1.807) is 6.21 Å². The van der Waals surface area contributed by atoms with E-state index in [1.165, 1.54) is 5.56 Å². The molecule has 3 nitrogen and oxygen atoms in total. The van der Waals surface area contributed by atoms with Crippen molar-refractivity contribution in [2.45, 2.75) is 13.3 Å². The Hall–Kier alpha value is -1.64. The van der Waals surface area contributed by atoms with Gasteiger partial charge in [0, 0.05) is 0 Å². The molecule has 68 valence electrons. The SMILES string of the molecule is CCc1ccc(/C=N/NC=O)cc1. The van der Waals surface area contributed by atoms with Crippen molar-refractivity contribution in [3.8, 4) is 0 Å². The lowest BCUT2D eigenvalue weighted by Gasteiger charge is -1.96. The molecule has 0 aliphatic heterocycles. The van der Waals surface area contributed by atoms with Crippen molar-refractivity contribution < 1.29 is 4.79 Å². The fourth-order valence-electron chi connectivity index (χ4n) is 0.982. The quantitative estimate of drug-likeness (QED) is 0.419. The van der Waals surface area contributed by atoms with Crippen LogP contribution in [0.2, 0.25) is 0 Å². The van der Waals surface area contributed by atoms with E-state index in [2.05, 4.69) is 17.5 Å². The van der Waals surface area contributed by atoms with Gasteiger partial charge in [0.25, 0.3) is 0 Å². The van der Waals surface area contributed by atoms with Gasteiger partial charge >= 0.3 is 0 Å². The van der Waals surface area contributed by atoms with Crippen LogP contribution in [0.25, 0.3) is 0 Å². The molecule has 0 saturated heterocycles. The number of nitrogens with one attached hydrogen (secondary N) is 1.